The second-order valence-electron chi connectivity index (χ2n) is 4.97. The summed E-state index contributed by atoms with van der Waals surface area (Å²) in [4.78, 5) is 22.8. The Hall–Kier alpha value is -2.75. The Labute approximate surface area is 147 Å². The van der Waals surface area contributed by atoms with E-state index in [-0.39, 0.29) is 17.1 Å². The second-order valence-corrected chi connectivity index (χ2v) is 5.74. The number of hydrogen-bond donors (Lipinski definition) is 0. The first-order valence-electron chi connectivity index (χ1n) is 7.43. The highest BCUT2D eigenvalue weighted by Gasteiger charge is 2.15. The highest BCUT2D eigenvalue weighted by atomic mass is 32.2. The summed E-state index contributed by atoms with van der Waals surface area (Å²) >= 11 is 1.22. The molecule has 2 aromatic rings. The molecule has 0 saturated carbocycles. The lowest BCUT2D eigenvalue weighted by Gasteiger charge is -2.06. The Morgan fingerprint density at radius 1 is 1.44 bits per heavy atom. The third kappa shape index (κ3) is 4.41. The van der Waals surface area contributed by atoms with Crippen LogP contribution in [0.5, 0.6) is 5.75 Å². The lowest BCUT2D eigenvalue weighted by Crippen LogP contribution is -2.23. The van der Waals surface area contributed by atoms with E-state index in [1.165, 1.54) is 37.0 Å². The number of aromatic nitrogens is 3. The summed E-state index contributed by atoms with van der Waals surface area (Å²) in [6, 6.07) is 4.50. The molecule has 10 heteroatoms. The van der Waals surface area contributed by atoms with Crippen molar-refractivity contribution in [3.63, 3.8) is 0 Å². The molecule has 0 aliphatic carbocycles. The number of benzene rings is 1. The van der Waals surface area contributed by atoms with E-state index in [9.17, 15) is 14.9 Å². The van der Waals surface area contributed by atoms with E-state index >= 15 is 0 Å². The van der Waals surface area contributed by atoms with Gasteiger partial charge >= 0.3 is 5.69 Å². The number of thioether (sulfide) groups is 1. The maximum Gasteiger partial charge on any atom is 0.311 e. The Balaban J connectivity index is 2.39. The van der Waals surface area contributed by atoms with Crippen LogP contribution >= 0.6 is 11.8 Å². The minimum absolute atomic E-state index is 0.154. The van der Waals surface area contributed by atoms with Crippen molar-refractivity contribution >= 4 is 23.7 Å². The summed E-state index contributed by atoms with van der Waals surface area (Å²) in [7, 11) is 0. The molecule has 0 bridgehead atoms. The molecule has 2 rings (SSSR count). The number of nitrogens with zero attached hydrogens (tertiary/aromatic N) is 5. The third-order valence-electron chi connectivity index (χ3n) is 3.11. The fraction of sp³-hybridized carbons (Fsp3) is 0.333. The van der Waals surface area contributed by atoms with Crippen LogP contribution in [0, 0.1) is 17.0 Å². The van der Waals surface area contributed by atoms with Gasteiger partial charge in [-0.1, -0.05) is 18.7 Å². The summed E-state index contributed by atoms with van der Waals surface area (Å²) < 4.78 is 6.49. The molecule has 0 amide bonds. The van der Waals surface area contributed by atoms with Crippen LogP contribution in [0.2, 0.25) is 0 Å². The third-order valence-corrected chi connectivity index (χ3v) is 3.73. The maximum atomic E-state index is 12.1. The van der Waals surface area contributed by atoms with Gasteiger partial charge in [-0.05, 0) is 31.7 Å². The normalized spacial score (nSPS) is 11.0. The van der Waals surface area contributed by atoms with E-state index < -0.39 is 10.5 Å². The molecule has 0 spiro atoms. The zero-order valence-corrected chi connectivity index (χ0v) is 14.8. The van der Waals surface area contributed by atoms with Gasteiger partial charge in [-0.15, -0.1) is 10.2 Å². The topological polar surface area (TPSA) is 113 Å². The van der Waals surface area contributed by atoms with Crippen molar-refractivity contribution in [3.05, 3.63) is 49.9 Å². The number of ether oxygens (including phenoxy) is 1. The molecule has 0 N–H and O–H groups in total. The molecule has 0 aliphatic rings. The van der Waals surface area contributed by atoms with E-state index in [1.54, 1.807) is 12.3 Å². The van der Waals surface area contributed by atoms with Crippen molar-refractivity contribution in [1.82, 2.24) is 14.9 Å². The monoisotopic (exact) mass is 363 g/mol. The first-order chi connectivity index (χ1) is 12.0. The van der Waals surface area contributed by atoms with E-state index in [2.05, 4.69) is 15.3 Å². The first kappa shape index (κ1) is 18.6. The molecule has 1 heterocycles. The van der Waals surface area contributed by atoms with Crippen LogP contribution < -0.4 is 10.3 Å². The molecule has 0 unspecified atom stereocenters. The number of rotatable bonds is 7. The number of hydrogen-bond acceptors (Lipinski definition) is 8. The standard InChI is InChI=1S/C15H17N5O4S/c1-4-7-24-13-6-5-11(8-12(13)20(22)23)9-16-19-14(21)10(2)17-18-15(19)25-3/h5-6,8-9H,4,7H2,1-3H3/b16-9-. The summed E-state index contributed by atoms with van der Waals surface area (Å²) in [5.41, 5.74) is 0.125. The lowest BCUT2D eigenvalue weighted by molar-refractivity contribution is -0.385. The number of nitro benzene ring substituents is 1. The van der Waals surface area contributed by atoms with Crippen LogP contribution in [0.15, 0.2) is 33.3 Å². The van der Waals surface area contributed by atoms with Crippen LogP contribution in [-0.4, -0.2) is 38.9 Å². The molecular weight excluding hydrogens is 346 g/mol. The van der Waals surface area contributed by atoms with Gasteiger partial charge in [-0.2, -0.15) is 9.78 Å². The SMILES string of the molecule is CCCOc1ccc(/C=N\n2c(SC)nnc(C)c2=O)cc1[N+](=O)[O-]. The lowest BCUT2D eigenvalue weighted by atomic mass is 10.2. The van der Waals surface area contributed by atoms with Crippen LogP contribution in [-0.2, 0) is 0 Å². The summed E-state index contributed by atoms with van der Waals surface area (Å²) in [6.07, 6.45) is 3.85. The Morgan fingerprint density at radius 3 is 2.84 bits per heavy atom. The minimum atomic E-state index is -0.514. The van der Waals surface area contributed by atoms with Gasteiger partial charge in [0.2, 0.25) is 5.16 Å². The van der Waals surface area contributed by atoms with Crippen molar-refractivity contribution in [2.45, 2.75) is 25.4 Å². The smallest absolute Gasteiger partial charge is 0.311 e. The van der Waals surface area contributed by atoms with E-state index in [1.807, 2.05) is 6.92 Å². The van der Waals surface area contributed by atoms with Gasteiger partial charge in [0.15, 0.2) is 5.75 Å². The van der Waals surface area contributed by atoms with Gasteiger partial charge in [0, 0.05) is 11.6 Å². The molecular formula is C15H17N5O4S. The number of nitro groups is 1. The average Bonchev–Trinajstić information content (AvgIpc) is 2.61. The van der Waals surface area contributed by atoms with E-state index in [4.69, 9.17) is 4.74 Å². The Morgan fingerprint density at radius 2 is 2.20 bits per heavy atom. The molecule has 132 valence electrons. The highest BCUT2D eigenvalue weighted by Crippen LogP contribution is 2.27. The van der Waals surface area contributed by atoms with Gasteiger partial charge in [-0.25, -0.2) is 0 Å². The van der Waals surface area contributed by atoms with Gasteiger partial charge in [0.05, 0.1) is 17.7 Å². The zero-order valence-electron chi connectivity index (χ0n) is 14.0. The molecule has 0 radical (unpaired) electrons. The van der Waals surface area contributed by atoms with Gasteiger partial charge in [0.1, 0.15) is 5.69 Å². The van der Waals surface area contributed by atoms with Crippen LogP contribution in [0.4, 0.5) is 5.69 Å². The predicted octanol–water partition coefficient (Wildman–Crippen LogP) is 2.25. The van der Waals surface area contributed by atoms with Crippen molar-refractivity contribution in [1.29, 1.82) is 0 Å². The summed E-state index contributed by atoms with van der Waals surface area (Å²) in [5, 5.41) is 23.3. The molecule has 0 fully saturated rings. The second kappa shape index (κ2) is 8.38. The first-order valence-corrected chi connectivity index (χ1v) is 8.66. The predicted molar refractivity (Wildman–Crippen MR) is 94.7 cm³/mol. The van der Waals surface area contributed by atoms with Gasteiger partial charge in [0.25, 0.3) is 5.56 Å². The van der Waals surface area contributed by atoms with Crippen LogP contribution in [0.25, 0.3) is 0 Å². The van der Waals surface area contributed by atoms with Crippen molar-refractivity contribution in [2.24, 2.45) is 5.10 Å². The van der Waals surface area contributed by atoms with Gasteiger partial charge in [-0.3, -0.25) is 14.9 Å². The summed E-state index contributed by atoms with van der Waals surface area (Å²) in [5.74, 6) is 0.201. The van der Waals surface area contributed by atoms with E-state index in [0.29, 0.717) is 17.3 Å². The molecule has 0 atom stereocenters. The Kier molecular flexibility index (Phi) is 6.23. The molecule has 1 aromatic carbocycles. The Bertz CT molecular complexity index is 865. The van der Waals surface area contributed by atoms with E-state index in [0.717, 1.165) is 11.1 Å². The molecule has 1 aromatic heterocycles. The fourth-order valence-electron chi connectivity index (χ4n) is 1.89. The zero-order chi connectivity index (χ0) is 18.4. The molecule has 0 aliphatic heterocycles. The van der Waals surface area contributed by atoms with Gasteiger partial charge < -0.3 is 4.74 Å². The quantitative estimate of drug-likeness (QED) is 0.321. The minimum Gasteiger partial charge on any atom is -0.487 e. The molecule has 0 saturated heterocycles. The molecule has 9 nitrogen and oxygen atoms in total. The van der Waals surface area contributed by atoms with Crippen molar-refractivity contribution in [2.75, 3.05) is 12.9 Å². The highest BCUT2D eigenvalue weighted by molar-refractivity contribution is 7.98. The van der Waals surface area contributed by atoms with Crippen LogP contribution in [0.1, 0.15) is 24.6 Å². The molecule has 25 heavy (non-hydrogen) atoms. The number of aryl methyl sites for hydroxylation is 1. The summed E-state index contributed by atoms with van der Waals surface area (Å²) in [6.45, 7) is 3.84. The van der Waals surface area contributed by atoms with Crippen molar-refractivity contribution in [3.8, 4) is 5.75 Å². The fourth-order valence-corrected chi connectivity index (χ4v) is 2.31. The average molecular weight is 363 g/mol. The largest absolute Gasteiger partial charge is 0.487 e. The van der Waals surface area contributed by atoms with Crippen LogP contribution in [0.3, 0.4) is 0 Å². The van der Waals surface area contributed by atoms with Crippen molar-refractivity contribution < 1.29 is 9.66 Å². The maximum absolute atomic E-state index is 12.1.